The van der Waals surface area contributed by atoms with Gasteiger partial charge in [0, 0.05) is 35.7 Å². The van der Waals surface area contributed by atoms with Gasteiger partial charge in [-0.25, -0.2) is 0 Å². The smallest absolute Gasteiger partial charge is 0.325 e. The summed E-state index contributed by atoms with van der Waals surface area (Å²) in [6, 6.07) is 7.93. The van der Waals surface area contributed by atoms with Gasteiger partial charge < -0.3 is 35.1 Å². The van der Waals surface area contributed by atoms with E-state index < -0.39 is 41.8 Å². The first kappa shape index (κ1) is 24.0. The van der Waals surface area contributed by atoms with Crippen molar-refractivity contribution in [2.45, 2.75) is 24.5 Å². The number of halogens is 1. The number of phenolic OH excluding ortho intramolecular Hbond substituents is 2. The van der Waals surface area contributed by atoms with E-state index in [4.69, 9.17) is 26.5 Å². The Balaban J connectivity index is 1.90. The molecule has 1 saturated heterocycles. The number of nitrogens with two attached hydrogens (primary N) is 1. The third-order valence-corrected chi connectivity index (χ3v) is 6.37. The number of carbonyl (C=O) groups is 1. The minimum atomic E-state index is -1.21. The van der Waals surface area contributed by atoms with E-state index in [1.165, 1.54) is 6.07 Å². The predicted molar refractivity (Wildman–Crippen MR) is 126 cm³/mol. The first-order valence-electron chi connectivity index (χ1n) is 10.7. The highest BCUT2D eigenvalue weighted by Crippen LogP contribution is 2.43. The molecule has 0 saturated carbocycles. The molecule has 0 amide bonds. The van der Waals surface area contributed by atoms with E-state index in [0.29, 0.717) is 30.1 Å². The highest BCUT2D eigenvalue weighted by molar-refractivity contribution is 6.33. The first-order chi connectivity index (χ1) is 16.2. The van der Waals surface area contributed by atoms with Gasteiger partial charge in [-0.15, -0.1) is 0 Å². The van der Waals surface area contributed by atoms with Crippen molar-refractivity contribution >= 4 is 28.5 Å². The van der Waals surface area contributed by atoms with Crippen LogP contribution >= 0.6 is 11.6 Å². The molecule has 5 N–H and O–H groups in total. The Kier molecular flexibility index (Phi) is 6.81. The second kappa shape index (κ2) is 9.63. The van der Waals surface area contributed by atoms with Gasteiger partial charge in [-0.1, -0.05) is 23.7 Å². The van der Waals surface area contributed by atoms with Crippen LogP contribution in [0, 0.1) is 0 Å². The molecule has 34 heavy (non-hydrogen) atoms. The normalized spacial score (nSPS) is 19.8. The fraction of sp³-hybridized carbons (Fsp3) is 0.333. The van der Waals surface area contributed by atoms with Crippen LogP contribution in [0.25, 0.3) is 22.3 Å². The Morgan fingerprint density at radius 1 is 1.29 bits per heavy atom. The fourth-order valence-electron chi connectivity index (χ4n) is 4.31. The van der Waals surface area contributed by atoms with Gasteiger partial charge in [0.25, 0.3) is 0 Å². The molecule has 2 aromatic carbocycles. The zero-order valence-corrected chi connectivity index (χ0v) is 19.2. The molecular weight excluding hydrogens is 464 g/mol. The minimum Gasteiger partial charge on any atom is -0.507 e. The minimum absolute atomic E-state index is 0.0121. The fourth-order valence-corrected chi connectivity index (χ4v) is 4.53. The topological polar surface area (TPSA) is 146 Å². The molecule has 0 spiro atoms. The predicted octanol–water partition coefficient (Wildman–Crippen LogP) is 2.18. The average Bonchev–Trinajstić information content (AvgIpc) is 2.79. The van der Waals surface area contributed by atoms with Crippen LogP contribution in [-0.2, 0) is 9.53 Å². The van der Waals surface area contributed by atoms with Gasteiger partial charge in [-0.3, -0.25) is 9.59 Å². The molecular formula is C24H25ClN2O7. The number of nitrogens with zero attached hydrogens (tertiary/aromatic N) is 1. The molecule has 9 nitrogen and oxygen atoms in total. The lowest BCUT2D eigenvalue weighted by Gasteiger charge is -2.37. The molecule has 3 unspecified atom stereocenters. The quantitative estimate of drug-likeness (QED) is 0.397. The number of ether oxygens (including phenoxy) is 1. The van der Waals surface area contributed by atoms with Crippen LogP contribution in [0.1, 0.15) is 17.9 Å². The molecule has 1 aliphatic rings. The van der Waals surface area contributed by atoms with Crippen molar-refractivity contribution in [2.24, 2.45) is 5.73 Å². The second-order valence-corrected chi connectivity index (χ2v) is 8.82. The van der Waals surface area contributed by atoms with Gasteiger partial charge in [0.1, 0.15) is 40.4 Å². The number of carbonyl (C=O) groups excluding carboxylic acids is 1. The Hall–Kier alpha value is -3.11. The van der Waals surface area contributed by atoms with E-state index in [1.54, 1.807) is 24.3 Å². The zero-order chi connectivity index (χ0) is 24.6. The van der Waals surface area contributed by atoms with Crippen molar-refractivity contribution < 1.29 is 29.3 Å². The van der Waals surface area contributed by atoms with Gasteiger partial charge in [-0.2, -0.15) is 0 Å². The van der Waals surface area contributed by atoms with Crippen LogP contribution in [0.5, 0.6) is 11.5 Å². The molecule has 10 heteroatoms. The second-order valence-electron chi connectivity index (χ2n) is 8.41. The highest BCUT2D eigenvalue weighted by Gasteiger charge is 2.37. The van der Waals surface area contributed by atoms with Crippen molar-refractivity contribution in [3.63, 3.8) is 0 Å². The molecule has 0 bridgehead atoms. The maximum absolute atomic E-state index is 13.0. The van der Waals surface area contributed by atoms with Crippen LogP contribution in [-0.4, -0.2) is 65.1 Å². The summed E-state index contributed by atoms with van der Waals surface area (Å²) in [7, 11) is 1.85. The molecule has 2 heterocycles. The molecule has 1 aliphatic heterocycles. The number of aliphatic hydroxyl groups excluding tert-OH is 1. The Morgan fingerprint density at radius 3 is 2.74 bits per heavy atom. The summed E-state index contributed by atoms with van der Waals surface area (Å²) >= 11 is 6.30. The maximum Gasteiger partial charge on any atom is 0.325 e. The maximum atomic E-state index is 13.0. The molecule has 0 aliphatic carbocycles. The molecule has 4 rings (SSSR count). The van der Waals surface area contributed by atoms with Crippen LogP contribution in [0.2, 0.25) is 5.02 Å². The standard InChI is InChI=1S/C24H25ClN2O7/c1-27-7-6-13(20(10-27)34-24(32)15(26)11-28)21-16(29)8-17(30)22-18(31)9-19(33-23(21)22)12-4-2-3-5-14(12)25/h2-5,8-9,13,15,20,28-30H,6-7,10-11,26H2,1H3. The molecule has 1 aromatic heterocycles. The number of benzene rings is 2. The van der Waals surface area contributed by atoms with Crippen LogP contribution in [0.4, 0.5) is 0 Å². The summed E-state index contributed by atoms with van der Waals surface area (Å²) in [5.74, 6) is -1.92. The van der Waals surface area contributed by atoms with Crippen LogP contribution in [0.15, 0.2) is 45.6 Å². The number of hydrogen-bond acceptors (Lipinski definition) is 9. The van der Waals surface area contributed by atoms with Gasteiger partial charge >= 0.3 is 5.97 Å². The number of piperidine rings is 1. The molecule has 1 fully saturated rings. The Bertz CT molecular complexity index is 1290. The molecule has 3 aromatic rings. The summed E-state index contributed by atoms with van der Waals surface area (Å²) in [5, 5.41) is 30.8. The van der Waals surface area contributed by atoms with Gasteiger partial charge in [0.05, 0.1) is 11.6 Å². The summed E-state index contributed by atoms with van der Waals surface area (Å²) in [4.78, 5) is 27.3. The third-order valence-electron chi connectivity index (χ3n) is 6.04. The highest BCUT2D eigenvalue weighted by atomic mass is 35.5. The van der Waals surface area contributed by atoms with Crippen molar-refractivity contribution in [3.8, 4) is 22.8 Å². The number of aliphatic hydroxyl groups is 1. The van der Waals surface area contributed by atoms with E-state index >= 15 is 0 Å². The third kappa shape index (κ3) is 4.47. The van der Waals surface area contributed by atoms with E-state index in [1.807, 2.05) is 11.9 Å². The number of likely N-dealkylation sites (N-methyl/N-ethyl adjacent to an activating group) is 1. The summed E-state index contributed by atoms with van der Waals surface area (Å²) < 4.78 is 11.7. The van der Waals surface area contributed by atoms with Gasteiger partial charge in [-0.05, 0) is 32.1 Å². The number of fused-ring (bicyclic) bond motifs is 1. The van der Waals surface area contributed by atoms with E-state index in [2.05, 4.69) is 0 Å². The van der Waals surface area contributed by atoms with E-state index in [9.17, 15) is 24.9 Å². The summed E-state index contributed by atoms with van der Waals surface area (Å²) in [6.45, 7) is 0.362. The summed E-state index contributed by atoms with van der Waals surface area (Å²) in [6.07, 6.45) is -0.298. The van der Waals surface area contributed by atoms with Gasteiger partial charge in [0.2, 0.25) is 0 Å². The Morgan fingerprint density at radius 2 is 2.03 bits per heavy atom. The SMILES string of the molecule is CN1CCC(c2c(O)cc(O)c3c(=O)cc(-c4ccccc4Cl)oc23)C(OC(=O)C(N)CO)C1. The molecule has 3 atom stereocenters. The number of esters is 1. The van der Waals surface area contributed by atoms with Crippen molar-refractivity contribution in [3.05, 3.63) is 57.2 Å². The largest absolute Gasteiger partial charge is 0.507 e. The monoisotopic (exact) mass is 488 g/mol. The van der Waals surface area contributed by atoms with Crippen molar-refractivity contribution in [2.75, 3.05) is 26.7 Å². The Labute approximate surface area is 199 Å². The average molecular weight is 489 g/mol. The molecule has 180 valence electrons. The van der Waals surface area contributed by atoms with E-state index in [-0.39, 0.29) is 28.0 Å². The number of likely N-dealkylation sites (tertiary alicyclic amines) is 1. The first-order valence-corrected chi connectivity index (χ1v) is 11.1. The number of phenols is 2. The zero-order valence-electron chi connectivity index (χ0n) is 18.4. The molecule has 0 radical (unpaired) electrons. The van der Waals surface area contributed by atoms with Crippen molar-refractivity contribution in [1.82, 2.24) is 4.90 Å². The van der Waals surface area contributed by atoms with Crippen molar-refractivity contribution in [1.29, 1.82) is 0 Å². The lowest BCUT2D eigenvalue weighted by Crippen LogP contribution is -2.46. The lowest BCUT2D eigenvalue weighted by atomic mass is 9.85. The number of rotatable bonds is 5. The van der Waals surface area contributed by atoms with E-state index in [0.717, 1.165) is 6.07 Å². The lowest BCUT2D eigenvalue weighted by molar-refractivity contribution is -0.155. The van der Waals surface area contributed by atoms with Crippen LogP contribution in [0.3, 0.4) is 0 Å². The summed E-state index contributed by atoms with van der Waals surface area (Å²) in [5.41, 5.74) is 5.80. The number of hydrogen-bond donors (Lipinski definition) is 4. The van der Waals surface area contributed by atoms with Gasteiger partial charge in [0.15, 0.2) is 5.43 Å². The van der Waals surface area contributed by atoms with Crippen LogP contribution < -0.4 is 11.2 Å². The number of aromatic hydroxyl groups is 2.